The molecule has 1 aliphatic heterocycles. The average molecular weight is 217 g/mol. The lowest BCUT2D eigenvalue weighted by atomic mass is 10.1. The highest BCUT2D eigenvalue weighted by Gasteiger charge is 2.54. The van der Waals surface area contributed by atoms with Crippen LogP contribution in [0.15, 0.2) is 30.3 Å². The topological polar surface area (TPSA) is 23.5 Å². The van der Waals surface area contributed by atoms with Gasteiger partial charge in [-0.25, -0.2) is 0 Å². The number of fused-ring (bicyclic) bond motifs is 1. The van der Waals surface area contributed by atoms with Crippen molar-refractivity contribution >= 4 is 0 Å². The number of nitrogens with zero attached hydrogens (tertiary/aromatic N) is 1. The molecule has 1 unspecified atom stereocenters. The van der Waals surface area contributed by atoms with E-state index in [4.69, 9.17) is 5.11 Å². The maximum absolute atomic E-state index is 8.92. The standard InChI is InChI=1S/C14H19NO/c16-7-6-12-13-9-15(10-14(12)13)8-11-4-2-1-3-5-11/h1-5,12-14,16H,6-10H2/t12?,13-,14+. The molecule has 1 saturated heterocycles. The third-order valence-electron chi connectivity index (χ3n) is 4.16. The van der Waals surface area contributed by atoms with Gasteiger partial charge >= 0.3 is 0 Å². The second-order valence-electron chi connectivity index (χ2n) is 5.18. The summed E-state index contributed by atoms with van der Waals surface area (Å²) in [7, 11) is 0. The predicted octanol–water partition coefficient (Wildman–Crippen LogP) is 1.75. The lowest BCUT2D eigenvalue weighted by Gasteiger charge is -2.19. The Hall–Kier alpha value is -0.860. The number of benzene rings is 1. The minimum absolute atomic E-state index is 0.371. The van der Waals surface area contributed by atoms with Crippen LogP contribution in [0.3, 0.4) is 0 Å². The first-order valence-electron chi connectivity index (χ1n) is 6.25. The molecule has 0 bridgehead atoms. The minimum atomic E-state index is 0.371. The second kappa shape index (κ2) is 4.19. The van der Waals surface area contributed by atoms with Gasteiger partial charge in [0.05, 0.1) is 0 Å². The van der Waals surface area contributed by atoms with Crippen LogP contribution in [0.1, 0.15) is 12.0 Å². The molecule has 1 heterocycles. The monoisotopic (exact) mass is 217 g/mol. The fourth-order valence-electron chi connectivity index (χ4n) is 3.28. The van der Waals surface area contributed by atoms with Gasteiger partial charge in [0.1, 0.15) is 0 Å². The zero-order valence-corrected chi connectivity index (χ0v) is 9.55. The number of rotatable bonds is 4. The SMILES string of the molecule is OCCC1[C@H]2CN(Cc3ccccc3)C[C@@H]12. The Labute approximate surface area is 96.9 Å². The highest BCUT2D eigenvalue weighted by molar-refractivity contribution is 5.15. The molecule has 0 aromatic heterocycles. The smallest absolute Gasteiger partial charge is 0.0433 e. The Morgan fingerprint density at radius 3 is 2.44 bits per heavy atom. The van der Waals surface area contributed by atoms with Gasteiger partial charge in [0.2, 0.25) is 0 Å². The lowest BCUT2D eigenvalue weighted by molar-refractivity contribution is 0.240. The molecule has 86 valence electrons. The van der Waals surface area contributed by atoms with Gasteiger partial charge < -0.3 is 5.11 Å². The molecule has 0 spiro atoms. The van der Waals surface area contributed by atoms with Gasteiger partial charge in [-0.3, -0.25) is 4.90 Å². The minimum Gasteiger partial charge on any atom is -0.396 e. The van der Waals surface area contributed by atoms with Crippen LogP contribution in [-0.2, 0) is 6.54 Å². The van der Waals surface area contributed by atoms with E-state index in [-0.39, 0.29) is 0 Å². The second-order valence-corrected chi connectivity index (χ2v) is 5.18. The van der Waals surface area contributed by atoms with Gasteiger partial charge in [-0.2, -0.15) is 0 Å². The molecule has 3 rings (SSSR count). The number of hydrogen-bond acceptors (Lipinski definition) is 2. The maximum Gasteiger partial charge on any atom is 0.0433 e. The summed E-state index contributed by atoms with van der Waals surface area (Å²) in [6.45, 7) is 3.95. The first kappa shape index (κ1) is 10.3. The number of aliphatic hydroxyl groups is 1. The summed E-state index contributed by atoms with van der Waals surface area (Å²) < 4.78 is 0. The van der Waals surface area contributed by atoms with Gasteiger partial charge in [-0.15, -0.1) is 0 Å². The van der Waals surface area contributed by atoms with Crippen molar-refractivity contribution in [1.29, 1.82) is 0 Å². The van der Waals surface area contributed by atoms with Crippen LogP contribution >= 0.6 is 0 Å². The summed E-state index contributed by atoms with van der Waals surface area (Å²) in [5, 5.41) is 8.92. The van der Waals surface area contributed by atoms with E-state index in [2.05, 4.69) is 35.2 Å². The van der Waals surface area contributed by atoms with Crippen LogP contribution in [-0.4, -0.2) is 29.7 Å². The number of piperidine rings is 1. The molecule has 2 aliphatic rings. The van der Waals surface area contributed by atoms with Gasteiger partial charge in [-0.1, -0.05) is 30.3 Å². The van der Waals surface area contributed by atoms with Gasteiger partial charge in [0, 0.05) is 26.2 Å². The summed E-state index contributed by atoms with van der Waals surface area (Å²) in [5.74, 6) is 2.60. The Kier molecular flexibility index (Phi) is 2.70. The van der Waals surface area contributed by atoms with Gasteiger partial charge in [-0.05, 0) is 29.7 Å². The molecule has 2 fully saturated rings. The summed E-state index contributed by atoms with van der Waals surface area (Å²) in [4.78, 5) is 2.55. The molecule has 1 N–H and O–H groups in total. The predicted molar refractivity (Wildman–Crippen MR) is 63.9 cm³/mol. The first-order valence-corrected chi connectivity index (χ1v) is 6.25. The van der Waals surface area contributed by atoms with Crippen molar-refractivity contribution in [2.75, 3.05) is 19.7 Å². The first-order chi connectivity index (χ1) is 7.88. The van der Waals surface area contributed by atoms with Crippen molar-refractivity contribution in [3.05, 3.63) is 35.9 Å². The zero-order chi connectivity index (χ0) is 11.0. The van der Waals surface area contributed by atoms with Crippen LogP contribution in [0.4, 0.5) is 0 Å². The molecule has 16 heavy (non-hydrogen) atoms. The number of likely N-dealkylation sites (tertiary alicyclic amines) is 1. The highest BCUT2D eigenvalue weighted by Crippen LogP contribution is 2.53. The Morgan fingerprint density at radius 2 is 1.81 bits per heavy atom. The third-order valence-corrected chi connectivity index (χ3v) is 4.16. The van der Waals surface area contributed by atoms with E-state index in [1.54, 1.807) is 0 Å². The number of aliphatic hydroxyl groups excluding tert-OH is 1. The van der Waals surface area contributed by atoms with Crippen molar-refractivity contribution in [2.24, 2.45) is 17.8 Å². The molecule has 3 atom stereocenters. The van der Waals surface area contributed by atoms with E-state index in [9.17, 15) is 0 Å². The summed E-state index contributed by atoms with van der Waals surface area (Å²) in [5.41, 5.74) is 1.42. The van der Waals surface area contributed by atoms with E-state index in [0.717, 1.165) is 30.7 Å². The fraction of sp³-hybridized carbons (Fsp3) is 0.571. The zero-order valence-electron chi connectivity index (χ0n) is 9.55. The van der Waals surface area contributed by atoms with E-state index >= 15 is 0 Å². The van der Waals surface area contributed by atoms with Crippen LogP contribution in [0, 0.1) is 17.8 Å². The average Bonchev–Trinajstić information content (AvgIpc) is 2.76. The van der Waals surface area contributed by atoms with Crippen LogP contribution in [0.2, 0.25) is 0 Å². The Morgan fingerprint density at radius 1 is 1.12 bits per heavy atom. The van der Waals surface area contributed by atoms with E-state index in [0.29, 0.717) is 6.61 Å². The number of hydrogen-bond donors (Lipinski definition) is 1. The molecule has 1 aliphatic carbocycles. The van der Waals surface area contributed by atoms with Crippen LogP contribution in [0.25, 0.3) is 0 Å². The Balaban J connectivity index is 1.51. The van der Waals surface area contributed by atoms with Crippen molar-refractivity contribution in [3.8, 4) is 0 Å². The fourth-order valence-corrected chi connectivity index (χ4v) is 3.28. The molecule has 1 saturated carbocycles. The van der Waals surface area contributed by atoms with E-state index < -0.39 is 0 Å². The lowest BCUT2D eigenvalue weighted by Crippen LogP contribution is -2.24. The molecular formula is C14H19NO. The quantitative estimate of drug-likeness (QED) is 0.830. The van der Waals surface area contributed by atoms with E-state index in [1.165, 1.54) is 18.7 Å². The molecule has 0 radical (unpaired) electrons. The molecule has 2 nitrogen and oxygen atoms in total. The summed E-state index contributed by atoms with van der Waals surface area (Å²) in [6.07, 6.45) is 1.02. The molecule has 0 amide bonds. The molecule has 1 aromatic rings. The molecule has 1 aromatic carbocycles. The van der Waals surface area contributed by atoms with Crippen molar-refractivity contribution in [1.82, 2.24) is 4.90 Å². The summed E-state index contributed by atoms with van der Waals surface area (Å²) >= 11 is 0. The van der Waals surface area contributed by atoms with Gasteiger partial charge in [0.25, 0.3) is 0 Å². The summed E-state index contributed by atoms with van der Waals surface area (Å²) in [6, 6.07) is 10.7. The van der Waals surface area contributed by atoms with E-state index in [1.807, 2.05) is 0 Å². The van der Waals surface area contributed by atoms with Crippen LogP contribution < -0.4 is 0 Å². The van der Waals surface area contributed by atoms with Crippen molar-refractivity contribution in [3.63, 3.8) is 0 Å². The van der Waals surface area contributed by atoms with Gasteiger partial charge in [0.15, 0.2) is 0 Å². The largest absolute Gasteiger partial charge is 0.396 e. The normalized spacial score (nSPS) is 32.7. The van der Waals surface area contributed by atoms with Crippen molar-refractivity contribution < 1.29 is 5.11 Å². The van der Waals surface area contributed by atoms with Crippen molar-refractivity contribution in [2.45, 2.75) is 13.0 Å². The maximum atomic E-state index is 8.92. The molecular weight excluding hydrogens is 198 g/mol. The third kappa shape index (κ3) is 1.87. The Bertz CT molecular complexity index is 339. The molecule has 2 heteroatoms. The van der Waals surface area contributed by atoms with Crippen LogP contribution in [0.5, 0.6) is 0 Å². The highest BCUT2D eigenvalue weighted by atomic mass is 16.3.